The van der Waals surface area contributed by atoms with Gasteiger partial charge in [0.05, 0.1) is 18.9 Å². The smallest absolute Gasteiger partial charge is 0.224 e. The van der Waals surface area contributed by atoms with Crippen molar-refractivity contribution in [3.63, 3.8) is 0 Å². The Bertz CT molecular complexity index is 408. The molecule has 1 aliphatic heterocycles. The molecule has 0 spiro atoms. The first-order valence-electron chi connectivity index (χ1n) is 6.66. The van der Waals surface area contributed by atoms with Gasteiger partial charge < -0.3 is 15.0 Å². The third kappa shape index (κ3) is 4.26. The van der Waals surface area contributed by atoms with Crippen molar-refractivity contribution >= 4 is 17.2 Å². The maximum Gasteiger partial charge on any atom is 0.224 e. The zero-order valence-electron chi connectivity index (χ0n) is 11.6. The van der Waals surface area contributed by atoms with Crippen LogP contribution in [0.2, 0.25) is 0 Å². The summed E-state index contributed by atoms with van der Waals surface area (Å²) < 4.78 is 5.23. The van der Waals surface area contributed by atoms with Crippen LogP contribution in [0.1, 0.15) is 22.0 Å². The highest BCUT2D eigenvalue weighted by atomic mass is 32.1. The molecule has 1 N–H and O–H groups in total. The number of aryl methyl sites for hydroxylation is 2. The molecule has 106 valence electrons. The Morgan fingerprint density at radius 3 is 2.79 bits per heavy atom. The van der Waals surface area contributed by atoms with Crippen LogP contribution in [0.3, 0.4) is 0 Å². The lowest BCUT2D eigenvalue weighted by atomic mass is 10.3. The second-order valence-corrected chi connectivity index (χ2v) is 5.96. The monoisotopic (exact) mass is 283 g/mol. The molecule has 1 saturated heterocycles. The molecule has 0 unspecified atom stereocenters. The van der Waals surface area contributed by atoms with Gasteiger partial charge in [-0.3, -0.25) is 4.79 Å². The zero-order valence-corrected chi connectivity index (χ0v) is 12.4. The number of thiazole rings is 1. The molecule has 1 aromatic heterocycles. The summed E-state index contributed by atoms with van der Waals surface area (Å²) in [5.41, 5.74) is 1.10. The van der Waals surface area contributed by atoms with Crippen molar-refractivity contribution in [3.05, 3.63) is 15.6 Å². The molecule has 2 rings (SSSR count). The van der Waals surface area contributed by atoms with E-state index in [0.29, 0.717) is 26.2 Å². The van der Waals surface area contributed by atoms with Crippen LogP contribution in [-0.4, -0.2) is 48.6 Å². The number of morpholine rings is 1. The SMILES string of the molecule is Cc1nc(CNCCC(=O)N2CCOCC2)sc1C. The highest BCUT2D eigenvalue weighted by molar-refractivity contribution is 7.11. The molecular formula is C13H21N3O2S. The van der Waals surface area contributed by atoms with Crippen LogP contribution < -0.4 is 5.32 Å². The van der Waals surface area contributed by atoms with Gasteiger partial charge in [-0.2, -0.15) is 0 Å². The maximum atomic E-state index is 11.9. The third-order valence-corrected chi connectivity index (χ3v) is 4.30. The van der Waals surface area contributed by atoms with Gasteiger partial charge in [-0.25, -0.2) is 4.98 Å². The van der Waals surface area contributed by atoms with Crippen LogP contribution in [0.4, 0.5) is 0 Å². The minimum atomic E-state index is 0.210. The highest BCUT2D eigenvalue weighted by Crippen LogP contribution is 2.15. The van der Waals surface area contributed by atoms with Crippen molar-refractivity contribution in [3.8, 4) is 0 Å². The fourth-order valence-corrected chi connectivity index (χ4v) is 2.88. The van der Waals surface area contributed by atoms with E-state index in [1.165, 1.54) is 4.88 Å². The second-order valence-electron chi connectivity index (χ2n) is 4.67. The average Bonchev–Trinajstić information content (AvgIpc) is 2.74. The lowest BCUT2D eigenvalue weighted by Gasteiger charge is -2.26. The predicted octanol–water partition coefficient (Wildman–Crippen LogP) is 1.10. The fourth-order valence-electron chi connectivity index (χ4n) is 1.98. The van der Waals surface area contributed by atoms with Gasteiger partial charge in [0.25, 0.3) is 0 Å². The van der Waals surface area contributed by atoms with E-state index in [1.54, 1.807) is 11.3 Å². The predicted molar refractivity (Wildman–Crippen MR) is 75.3 cm³/mol. The maximum absolute atomic E-state index is 11.9. The number of nitrogens with one attached hydrogen (secondary N) is 1. The number of rotatable bonds is 5. The van der Waals surface area contributed by atoms with Gasteiger partial charge >= 0.3 is 0 Å². The Balaban J connectivity index is 1.64. The Morgan fingerprint density at radius 1 is 1.42 bits per heavy atom. The summed E-state index contributed by atoms with van der Waals surface area (Å²) in [7, 11) is 0. The van der Waals surface area contributed by atoms with Crippen molar-refractivity contribution in [2.75, 3.05) is 32.8 Å². The minimum Gasteiger partial charge on any atom is -0.378 e. The molecule has 0 bridgehead atoms. The van der Waals surface area contributed by atoms with Gasteiger partial charge in [-0.1, -0.05) is 0 Å². The summed E-state index contributed by atoms with van der Waals surface area (Å²) in [6, 6.07) is 0. The molecule has 1 fully saturated rings. The minimum absolute atomic E-state index is 0.210. The van der Waals surface area contributed by atoms with Crippen LogP contribution in [0.25, 0.3) is 0 Å². The third-order valence-electron chi connectivity index (χ3n) is 3.23. The highest BCUT2D eigenvalue weighted by Gasteiger charge is 2.15. The largest absolute Gasteiger partial charge is 0.378 e. The fraction of sp³-hybridized carbons (Fsp3) is 0.692. The van der Waals surface area contributed by atoms with E-state index in [1.807, 2.05) is 11.8 Å². The standard InChI is InChI=1S/C13H21N3O2S/c1-10-11(2)19-12(15-10)9-14-4-3-13(17)16-5-7-18-8-6-16/h14H,3-9H2,1-2H3. The van der Waals surface area contributed by atoms with E-state index in [2.05, 4.69) is 17.2 Å². The summed E-state index contributed by atoms with van der Waals surface area (Å²) >= 11 is 1.72. The molecule has 19 heavy (non-hydrogen) atoms. The Labute approximate surface area is 118 Å². The number of carbonyl (C=O) groups is 1. The van der Waals surface area contributed by atoms with Gasteiger partial charge in [0.15, 0.2) is 0 Å². The number of carbonyl (C=O) groups excluding carboxylic acids is 1. The van der Waals surface area contributed by atoms with Gasteiger partial charge in [-0.05, 0) is 13.8 Å². The first-order chi connectivity index (χ1) is 9.16. The van der Waals surface area contributed by atoms with Crippen molar-refractivity contribution in [1.29, 1.82) is 0 Å². The molecule has 6 heteroatoms. The van der Waals surface area contributed by atoms with Gasteiger partial charge in [0.2, 0.25) is 5.91 Å². The second kappa shape index (κ2) is 6.98. The number of aromatic nitrogens is 1. The quantitative estimate of drug-likeness (QED) is 0.822. The number of amides is 1. The number of hydrogen-bond acceptors (Lipinski definition) is 5. The summed E-state index contributed by atoms with van der Waals surface area (Å²) in [5.74, 6) is 0.210. The van der Waals surface area contributed by atoms with Crippen LogP contribution in [0.5, 0.6) is 0 Å². The van der Waals surface area contributed by atoms with Crippen LogP contribution in [-0.2, 0) is 16.1 Å². The van der Waals surface area contributed by atoms with Crippen molar-refractivity contribution < 1.29 is 9.53 Å². The molecule has 1 amide bonds. The molecule has 0 saturated carbocycles. The van der Waals surface area contributed by atoms with E-state index in [0.717, 1.165) is 30.3 Å². The van der Waals surface area contributed by atoms with Crippen LogP contribution in [0, 0.1) is 13.8 Å². The van der Waals surface area contributed by atoms with Gasteiger partial charge in [-0.15, -0.1) is 11.3 Å². The van der Waals surface area contributed by atoms with Crippen LogP contribution >= 0.6 is 11.3 Å². The first-order valence-corrected chi connectivity index (χ1v) is 7.47. The number of nitrogens with zero attached hydrogens (tertiary/aromatic N) is 2. The van der Waals surface area contributed by atoms with Crippen molar-refractivity contribution in [2.45, 2.75) is 26.8 Å². The topological polar surface area (TPSA) is 54.5 Å². The van der Waals surface area contributed by atoms with Crippen molar-refractivity contribution in [1.82, 2.24) is 15.2 Å². The Hall–Kier alpha value is -0.980. The molecule has 0 atom stereocenters. The molecule has 0 aromatic carbocycles. The normalized spacial score (nSPS) is 15.8. The lowest BCUT2D eigenvalue weighted by Crippen LogP contribution is -2.41. The van der Waals surface area contributed by atoms with E-state index in [4.69, 9.17) is 4.74 Å². The molecular weight excluding hydrogens is 262 g/mol. The first kappa shape index (κ1) is 14.4. The zero-order chi connectivity index (χ0) is 13.7. The van der Waals surface area contributed by atoms with E-state index < -0.39 is 0 Å². The van der Waals surface area contributed by atoms with Crippen molar-refractivity contribution in [2.24, 2.45) is 0 Å². The molecule has 0 aliphatic carbocycles. The van der Waals surface area contributed by atoms with E-state index in [9.17, 15) is 4.79 Å². The molecule has 0 radical (unpaired) electrons. The Kier molecular flexibility index (Phi) is 5.30. The van der Waals surface area contributed by atoms with Gasteiger partial charge in [0.1, 0.15) is 5.01 Å². The number of hydrogen-bond donors (Lipinski definition) is 1. The molecule has 5 nitrogen and oxygen atoms in total. The summed E-state index contributed by atoms with van der Waals surface area (Å²) in [5, 5.41) is 4.37. The van der Waals surface area contributed by atoms with Gasteiger partial charge in [0, 0.05) is 37.5 Å². The van der Waals surface area contributed by atoms with E-state index in [-0.39, 0.29) is 5.91 Å². The average molecular weight is 283 g/mol. The Morgan fingerprint density at radius 2 is 2.16 bits per heavy atom. The van der Waals surface area contributed by atoms with Crippen LogP contribution in [0.15, 0.2) is 0 Å². The lowest BCUT2D eigenvalue weighted by molar-refractivity contribution is -0.135. The molecule has 2 heterocycles. The summed E-state index contributed by atoms with van der Waals surface area (Å²) in [4.78, 5) is 19.5. The molecule has 1 aliphatic rings. The van der Waals surface area contributed by atoms with E-state index >= 15 is 0 Å². The summed E-state index contributed by atoms with van der Waals surface area (Å²) in [6.07, 6.45) is 0.545. The number of ether oxygens (including phenoxy) is 1. The molecule has 1 aromatic rings. The summed E-state index contributed by atoms with van der Waals surface area (Å²) in [6.45, 7) is 8.33.